The number of aromatic amines is 1. The highest BCUT2D eigenvalue weighted by Crippen LogP contribution is 2.41. The Bertz CT molecular complexity index is 834. The lowest BCUT2D eigenvalue weighted by atomic mass is 10.0. The molecule has 0 aliphatic carbocycles. The normalized spacial score (nSPS) is 26.7. The van der Waals surface area contributed by atoms with Crippen LogP contribution in [0.4, 0.5) is 0 Å². The molecule has 0 spiro atoms. The van der Waals surface area contributed by atoms with Crippen LogP contribution in [0.15, 0.2) is 23.5 Å². The van der Waals surface area contributed by atoms with Gasteiger partial charge in [0, 0.05) is 37.3 Å². The lowest BCUT2D eigenvalue weighted by Crippen LogP contribution is -2.49. The molecule has 2 aliphatic heterocycles. The molecule has 0 saturated carbocycles. The van der Waals surface area contributed by atoms with Crippen molar-refractivity contribution in [2.45, 2.75) is 62.6 Å². The summed E-state index contributed by atoms with van der Waals surface area (Å²) >= 11 is 0. The summed E-state index contributed by atoms with van der Waals surface area (Å²) in [6.45, 7) is 3.47. The number of sulfonamides is 1. The van der Waals surface area contributed by atoms with Gasteiger partial charge in [-0.15, -0.1) is 0 Å². The highest BCUT2D eigenvalue weighted by Gasteiger charge is 2.49. The molecule has 2 bridgehead atoms. The molecule has 2 aromatic heterocycles. The van der Waals surface area contributed by atoms with Gasteiger partial charge in [0.05, 0.1) is 17.6 Å². The minimum Gasteiger partial charge on any atom is -0.473 e. The van der Waals surface area contributed by atoms with E-state index in [-0.39, 0.29) is 18.2 Å². The molecule has 0 amide bonds. The smallest absolute Gasteiger partial charge is 0.247 e. The third-order valence-corrected chi connectivity index (χ3v) is 7.31. The largest absolute Gasteiger partial charge is 0.473 e. The number of aromatic nitrogens is 4. The molecule has 0 aromatic carbocycles. The van der Waals surface area contributed by atoms with Gasteiger partial charge in [0.2, 0.25) is 15.9 Å². The molecule has 4 rings (SSSR count). The van der Waals surface area contributed by atoms with E-state index in [0.717, 1.165) is 12.8 Å². The summed E-state index contributed by atoms with van der Waals surface area (Å²) in [5.41, 5.74) is 1.12. The second-order valence-corrected chi connectivity index (χ2v) is 8.52. The standard InChI is InChI=1S/C16H21N5O3S/c1-10-16(11(2)20-19-10)25(22,23)21-12-3-4-13(21)8-14(7-12)24-15-9-17-5-6-18-15/h5-6,9,12-14H,3-4,7-8H2,1-2H3,(H,19,20)/t12-,13+,14?. The van der Waals surface area contributed by atoms with Crippen molar-refractivity contribution in [3.8, 4) is 5.88 Å². The summed E-state index contributed by atoms with van der Waals surface area (Å²) in [7, 11) is -3.56. The number of piperidine rings is 1. The van der Waals surface area contributed by atoms with Gasteiger partial charge in [-0.3, -0.25) is 10.1 Å². The Labute approximate surface area is 146 Å². The van der Waals surface area contributed by atoms with Crippen LogP contribution in [0.1, 0.15) is 37.1 Å². The van der Waals surface area contributed by atoms with Gasteiger partial charge in [-0.2, -0.15) is 9.40 Å². The van der Waals surface area contributed by atoms with Crippen LogP contribution in [0.5, 0.6) is 5.88 Å². The Balaban J connectivity index is 1.57. The van der Waals surface area contributed by atoms with Gasteiger partial charge in [-0.05, 0) is 26.7 Å². The van der Waals surface area contributed by atoms with Crippen LogP contribution >= 0.6 is 0 Å². The zero-order valence-electron chi connectivity index (χ0n) is 14.2. The van der Waals surface area contributed by atoms with Crippen LogP contribution in [-0.2, 0) is 10.0 Å². The van der Waals surface area contributed by atoms with Crippen LogP contribution in [0.2, 0.25) is 0 Å². The summed E-state index contributed by atoms with van der Waals surface area (Å²) in [5, 5.41) is 6.83. The quantitative estimate of drug-likeness (QED) is 0.885. The van der Waals surface area contributed by atoms with Crippen LogP contribution in [0.25, 0.3) is 0 Å². The average Bonchev–Trinajstić information content (AvgIpc) is 3.06. The number of nitrogens with zero attached hydrogens (tertiary/aromatic N) is 4. The van der Waals surface area contributed by atoms with Gasteiger partial charge in [0.15, 0.2) is 0 Å². The van der Waals surface area contributed by atoms with Crippen molar-refractivity contribution < 1.29 is 13.2 Å². The van der Waals surface area contributed by atoms with E-state index in [0.29, 0.717) is 35.0 Å². The second-order valence-electron chi connectivity index (χ2n) is 6.74. The SMILES string of the molecule is Cc1n[nH]c(C)c1S(=O)(=O)N1[C@@H]2CC[C@H]1CC(Oc1cnccn1)C2. The maximum Gasteiger partial charge on any atom is 0.247 e. The number of fused-ring (bicyclic) bond motifs is 2. The van der Waals surface area contributed by atoms with Gasteiger partial charge >= 0.3 is 0 Å². The molecule has 0 radical (unpaired) electrons. The number of hydrogen-bond donors (Lipinski definition) is 1. The topological polar surface area (TPSA) is 101 Å². The maximum atomic E-state index is 13.2. The first-order valence-corrected chi connectivity index (χ1v) is 9.88. The van der Waals surface area contributed by atoms with Gasteiger partial charge in [-0.1, -0.05) is 0 Å². The third kappa shape index (κ3) is 2.81. The molecule has 25 heavy (non-hydrogen) atoms. The van der Waals surface area contributed by atoms with Crippen molar-refractivity contribution in [2.24, 2.45) is 0 Å². The Morgan fingerprint density at radius 3 is 2.48 bits per heavy atom. The molecule has 1 N–H and O–H groups in total. The van der Waals surface area contributed by atoms with E-state index in [2.05, 4.69) is 20.2 Å². The minimum absolute atomic E-state index is 0.0350. The van der Waals surface area contributed by atoms with Crippen molar-refractivity contribution in [3.05, 3.63) is 30.0 Å². The number of nitrogens with one attached hydrogen (secondary N) is 1. The van der Waals surface area contributed by atoms with Gasteiger partial charge in [0.1, 0.15) is 11.0 Å². The molecule has 2 aromatic rings. The number of H-pyrrole nitrogens is 1. The summed E-state index contributed by atoms with van der Waals surface area (Å²) in [4.78, 5) is 8.47. The Hall–Kier alpha value is -2.00. The average molecular weight is 363 g/mol. The van der Waals surface area contributed by atoms with Crippen molar-refractivity contribution in [3.63, 3.8) is 0 Å². The van der Waals surface area contributed by atoms with E-state index >= 15 is 0 Å². The molecule has 9 heteroatoms. The molecule has 2 fully saturated rings. The zero-order valence-corrected chi connectivity index (χ0v) is 15.0. The highest BCUT2D eigenvalue weighted by atomic mass is 32.2. The third-order valence-electron chi connectivity index (χ3n) is 5.05. The van der Waals surface area contributed by atoms with Crippen LogP contribution < -0.4 is 4.74 Å². The minimum atomic E-state index is -3.56. The van der Waals surface area contributed by atoms with Gasteiger partial charge < -0.3 is 4.74 Å². The predicted octanol–water partition coefficient (Wildman–Crippen LogP) is 1.58. The lowest BCUT2D eigenvalue weighted by molar-refractivity contribution is 0.0914. The fraction of sp³-hybridized carbons (Fsp3) is 0.562. The van der Waals surface area contributed by atoms with Gasteiger partial charge in [-0.25, -0.2) is 13.4 Å². The van der Waals surface area contributed by atoms with Crippen molar-refractivity contribution >= 4 is 10.0 Å². The summed E-state index contributed by atoms with van der Waals surface area (Å²) in [6.07, 6.45) is 7.80. The molecule has 134 valence electrons. The number of aryl methyl sites for hydroxylation is 2. The molecular weight excluding hydrogens is 342 g/mol. The maximum absolute atomic E-state index is 13.2. The Morgan fingerprint density at radius 2 is 1.92 bits per heavy atom. The summed E-state index contributed by atoms with van der Waals surface area (Å²) in [6, 6.07) is -0.0850. The van der Waals surface area contributed by atoms with Crippen molar-refractivity contribution in [2.75, 3.05) is 0 Å². The van der Waals surface area contributed by atoms with Crippen LogP contribution in [0.3, 0.4) is 0 Å². The van der Waals surface area contributed by atoms with E-state index in [1.807, 2.05) is 0 Å². The second kappa shape index (κ2) is 6.06. The first-order chi connectivity index (χ1) is 12.0. The summed E-state index contributed by atoms with van der Waals surface area (Å²) < 4.78 is 34.0. The summed E-state index contributed by atoms with van der Waals surface area (Å²) in [5.74, 6) is 0.490. The molecule has 3 atom stereocenters. The fourth-order valence-corrected chi connectivity index (χ4v) is 6.35. The number of hydrogen-bond acceptors (Lipinski definition) is 6. The molecule has 1 unspecified atom stereocenters. The van der Waals surface area contributed by atoms with E-state index in [9.17, 15) is 8.42 Å². The zero-order chi connectivity index (χ0) is 17.6. The molecule has 2 saturated heterocycles. The molecule has 2 aliphatic rings. The first kappa shape index (κ1) is 16.5. The van der Waals surface area contributed by atoms with Gasteiger partial charge in [0.25, 0.3) is 0 Å². The number of ether oxygens (including phenoxy) is 1. The fourth-order valence-electron chi connectivity index (χ4n) is 4.12. The molecule has 8 nitrogen and oxygen atoms in total. The molecular formula is C16H21N5O3S. The van der Waals surface area contributed by atoms with Crippen LogP contribution in [-0.4, -0.2) is 51.1 Å². The lowest BCUT2D eigenvalue weighted by Gasteiger charge is -2.37. The Kier molecular flexibility index (Phi) is 3.99. The van der Waals surface area contributed by atoms with E-state index < -0.39 is 10.0 Å². The van der Waals surface area contributed by atoms with E-state index in [1.165, 1.54) is 0 Å². The first-order valence-electron chi connectivity index (χ1n) is 8.44. The molecule has 4 heterocycles. The van der Waals surface area contributed by atoms with Crippen molar-refractivity contribution in [1.29, 1.82) is 0 Å². The Morgan fingerprint density at radius 1 is 1.20 bits per heavy atom. The van der Waals surface area contributed by atoms with Crippen molar-refractivity contribution in [1.82, 2.24) is 24.5 Å². The van der Waals surface area contributed by atoms with E-state index in [1.54, 1.807) is 36.7 Å². The highest BCUT2D eigenvalue weighted by molar-refractivity contribution is 7.89. The number of rotatable bonds is 4. The monoisotopic (exact) mass is 363 g/mol. The predicted molar refractivity (Wildman–Crippen MR) is 89.6 cm³/mol. The van der Waals surface area contributed by atoms with E-state index in [4.69, 9.17) is 4.74 Å². The van der Waals surface area contributed by atoms with Crippen LogP contribution in [0, 0.1) is 13.8 Å².